The van der Waals surface area contributed by atoms with E-state index >= 15 is 0 Å². The van der Waals surface area contributed by atoms with Crippen molar-refractivity contribution in [2.24, 2.45) is 0 Å². The molecule has 0 radical (unpaired) electrons. The number of hydrogen-bond acceptors (Lipinski definition) is 5. The molecule has 2 amide bonds. The SMILES string of the molecule is CCC1c2[nH]c3ccccc3c2CCN1C(=O)Nc1cc(C(=O)OC)cc(C(=O)OC)c1. The zero-order valence-corrected chi connectivity index (χ0v) is 18.2. The van der Waals surface area contributed by atoms with Crippen LogP contribution in [0.4, 0.5) is 10.5 Å². The predicted molar refractivity (Wildman–Crippen MR) is 120 cm³/mol. The van der Waals surface area contributed by atoms with Crippen LogP contribution in [-0.4, -0.2) is 48.6 Å². The molecule has 0 saturated heterocycles. The van der Waals surface area contributed by atoms with E-state index in [4.69, 9.17) is 9.47 Å². The van der Waals surface area contributed by atoms with Crippen LogP contribution in [0.5, 0.6) is 0 Å². The minimum Gasteiger partial charge on any atom is -0.465 e. The third-order valence-electron chi connectivity index (χ3n) is 5.83. The summed E-state index contributed by atoms with van der Waals surface area (Å²) in [6, 6.07) is 12.1. The van der Waals surface area contributed by atoms with Crippen molar-refractivity contribution in [2.45, 2.75) is 25.8 Å². The highest BCUT2D eigenvalue weighted by atomic mass is 16.5. The van der Waals surface area contributed by atoms with Crippen molar-refractivity contribution < 1.29 is 23.9 Å². The molecule has 8 heteroatoms. The Morgan fingerprint density at radius 3 is 2.34 bits per heavy atom. The molecule has 8 nitrogen and oxygen atoms in total. The fourth-order valence-corrected chi connectivity index (χ4v) is 4.35. The number of methoxy groups -OCH3 is 2. The minimum atomic E-state index is -0.613. The number of urea groups is 1. The fourth-order valence-electron chi connectivity index (χ4n) is 4.35. The van der Waals surface area contributed by atoms with Crippen molar-refractivity contribution in [1.29, 1.82) is 0 Å². The fraction of sp³-hybridized carbons (Fsp3) is 0.292. The van der Waals surface area contributed by atoms with Crippen LogP contribution in [0.25, 0.3) is 10.9 Å². The van der Waals surface area contributed by atoms with Gasteiger partial charge < -0.3 is 24.7 Å². The van der Waals surface area contributed by atoms with Gasteiger partial charge in [-0.25, -0.2) is 14.4 Å². The number of para-hydroxylation sites is 1. The average Bonchev–Trinajstić information content (AvgIpc) is 3.20. The van der Waals surface area contributed by atoms with Gasteiger partial charge in [0.1, 0.15) is 0 Å². The van der Waals surface area contributed by atoms with E-state index in [9.17, 15) is 14.4 Å². The van der Waals surface area contributed by atoms with Gasteiger partial charge in [-0.2, -0.15) is 0 Å². The molecule has 32 heavy (non-hydrogen) atoms. The third-order valence-corrected chi connectivity index (χ3v) is 5.83. The molecule has 1 aliphatic rings. The molecule has 1 aliphatic heterocycles. The van der Waals surface area contributed by atoms with Crippen LogP contribution in [0.1, 0.15) is 51.4 Å². The Hall–Kier alpha value is -3.81. The van der Waals surface area contributed by atoms with E-state index in [2.05, 4.69) is 16.4 Å². The lowest BCUT2D eigenvalue weighted by Gasteiger charge is -2.35. The lowest BCUT2D eigenvalue weighted by atomic mass is 9.96. The molecule has 0 spiro atoms. The molecule has 0 fully saturated rings. The summed E-state index contributed by atoms with van der Waals surface area (Å²) in [4.78, 5) is 42.6. The van der Waals surface area contributed by atoms with Crippen molar-refractivity contribution in [3.05, 3.63) is 64.8 Å². The van der Waals surface area contributed by atoms with E-state index < -0.39 is 11.9 Å². The highest BCUT2D eigenvalue weighted by Gasteiger charge is 2.32. The highest BCUT2D eigenvalue weighted by Crippen LogP contribution is 2.36. The summed E-state index contributed by atoms with van der Waals surface area (Å²) in [5.41, 5.74) is 3.97. The van der Waals surface area contributed by atoms with Gasteiger partial charge in [-0.15, -0.1) is 0 Å². The maximum absolute atomic E-state index is 13.2. The quantitative estimate of drug-likeness (QED) is 0.596. The summed E-state index contributed by atoms with van der Waals surface area (Å²) < 4.78 is 9.53. The van der Waals surface area contributed by atoms with Gasteiger partial charge in [0, 0.05) is 28.8 Å². The summed E-state index contributed by atoms with van der Waals surface area (Å²) >= 11 is 0. The number of hydrogen-bond donors (Lipinski definition) is 2. The van der Waals surface area contributed by atoms with E-state index in [1.165, 1.54) is 43.4 Å². The molecule has 0 aliphatic carbocycles. The zero-order chi connectivity index (χ0) is 22.8. The highest BCUT2D eigenvalue weighted by molar-refractivity contribution is 5.99. The summed E-state index contributed by atoms with van der Waals surface area (Å²) in [5.74, 6) is -1.23. The van der Waals surface area contributed by atoms with Crippen molar-refractivity contribution in [1.82, 2.24) is 9.88 Å². The monoisotopic (exact) mass is 435 g/mol. The first-order chi connectivity index (χ1) is 15.5. The number of nitrogens with zero attached hydrogens (tertiary/aromatic N) is 1. The maximum Gasteiger partial charge on any atom is 0.337 e. The number of H-pyrrole nitrogens is 1. The van der Waals surface area contributed by atoms with Gasteiger partial charge in [-0.05, 0) is 42.7 Å². The first-order valence-corrected chi connectivity index (χ1v) is 10.5. The van der Waals surface area contributed by atoms with Crippen LogP contribution in [-0.2, 0) is 15.9 Å². The molecule has 3 aromatic rings. The summed E-state index contributed by atoms with van der Waals surface area (Å²) in [5, 5.41) is 4.03. The smallest absolute Gasteiger partial charge is 0.337 e. The Morgan fingerprint density at radius 1 is 1.06 bits per heavy atom. The number of ether oxygens (including phenoxy) is 2. The number of rotatable bonds is 4. The molecular weight excluding hydrogens is 410 g/mol. The Balaban J connectivity index is 1.63. The van der Waals surface area contributed by atoms with Gasteiger partial charge in [-0.1, -0.05) is 25.1 Å². The first-order valence-electron chi connectivity index (χ1n) is 10.5. The summed E-state index contributed by atoms with van der Waals surface area (Å²) in [6.07, 6.45) is 1.47. The van der Waals surface area contributed by atoms with Crippen molar-refractivity contribution in [3.63, 3.8) is 0 Å². The van der Waals surface area contributed by atoms with Gasteiger partial charge in [-0.3, -0.25) is 0 Å². The Bertz CT molecular complexity index is 1170. The topological polar surface area (TPSA) is 101 Å². The standard InChI is InChI=1S/C24H25N3O5/c1-4-20-21-18(17-7-5-6-8-19(17)26-21)9-10-27(20)24(30)25-16-12-14(22(28)31-2)11-15(13-16)23(29)32-3/h5-8,11-13,20,26H,4,9-10H2,1-3H3,(H,25,30). The number of aromatic nitrogens is 1. The normalized spacial score (nSPS) is 15.2. The van der Waals surface area contributed by atoms with E-state index in [-0.39, 0.29) is 23.2 Å². The Morgan fingerprint density at radius 2 is 1.72 bits per heavy atom. The number of carbonyl (C=O) groups excluding carboxylic acids is 3. The first kappa shape index (κ1) is 21.4. The van der Waals surface area contributed by atoms with Crippen LogP contribution in [0.3, 0.4) is 0 Å². The van der Waals surface area contributed by atoms with E-state index in [1.807, 2.05) is 25.1 Å². The van der Waals surface area contributed by atoms with E-state index in [0.29, 0.717) is 12.2 Å². The molecule has 2 heterocycles. The molecular formula is C24H25N3O5. The number of amides is 2. The van der Waals surface area contributed by atoms with Crippen LogP contribution in [0, 0.1) is 0 Å². The summed E-state index contributed by atoms with van der Waals surface area (Å²) in [6.45, 7) is 2.60. The van der Waals surface area contributed by atoms with E-state index in [1.54, 1.807) is 4.90 Å². The molecule has 1 aromatic heterocycles. The number of aromatic amines is 1. The second-order valence-corrected chi connectivity index (χ2v) is 7.64. The molecule has 2 N–H and O–H groups in total. The van der Waals surface area contributed by atoms with Crippen LogP contribution >= 0.6 is 0 Å². The van der Waals surface area contributed by atoms with Gasteiger partial charge >= 0.3 is 18.0 Å². The summed E-state index contributed by atoms with van der Waals surface area (Å²) in [7, 11) is 2.51. The number of fused-ring (bicyclic) bond motifs is 3. The van der Waals surface area contributed by atoms with Crippen LogP contribution in [0.2, 0.25) is 0 Å². The number of carbonyl (C=O) groups is 3. The zero-order valence-electron chi connectivity index (χ0n) is 18.2. The molecule has 0 bridgehead atoms. The molecule has 0 saturated carbocycles. The second-order valence-electron chi connectivity index (χ2n) is 7.64. The van der Waals surface area contributed by atoms with Crippen LogP contribution in [0.15, 0.2) is 42.5 Å². The lowest BCUT2D eigenvalue weighted by Crippen LogP contribution is -2.42. The van der Waals surface area contributed by atoms with Gasteiger partial charge in [0.2, 0.25) is 0 Å². The minimum absolute atomic E-state index is 0.116. The molecule has 166 valence electrons. The molecule has 1 unspecified atom stereocenters. The molecule has 2 aromatic carbocycles. The Labute approximate surface area is 185 Å². The predicted octanol–water partition coefficient (Wildman–Crippen LogP) is 4.28. The van der Waals surface area contributed by atoms with Crippen LogP contribution < -0.4 is 5.32 Å². The van der Waals surface area contributed by atoms with Gasteiger partial charge in [0.05, 0.1) is 31.4 Å². The largest absolute Gasteiger partial charge is 0.465 e. The maximum atomic E-state index is 13.2. The molecule has 4 rings (SSSR count). The van der Waals surface area contributed by atoms with Crippen molar-refractivity contribution >= 4 is 34.6 Å². The number of benzene rings is 2. The number of nitrogens with one attached hydrogen (secondary N) is 2. The van der Waals surface area contributed by atoms with Gasteiger partial charge in [0.25, 0.3) is 0 Å². The van der Waals surface area contributed by atoms with Crippen molar-refractivity contribution in [3.8, 4) is 0 Å². The average molecular weight is 435 g/mol. The lowest BCUT2D eigenvalue weighted by molar-refractivity contribution is 0.0599. The van der Waals surface area contributed by atoms with Gasteiger partial charge in [0.15, 0.2) is 0 Å². The number of anilines is 1. The second kappa shape index (κ2) is 8.74. The third kappa shape index (κ3) is 3.79. The Kier molecular flexibility index (Phi) is 5.85. The molecule has 1 atom stereocenters. The van der Waals surface area contributed by atoms with E-state index in [0.717, 1.165) is 24.1 Å². The number of esters is 2. The van der Waals surface area contributed by atoms with Crippen molar-refractivity contribution in [2.75, 3.05) is 26.1 Å².